The van der Waals surface area contributed by atoms with E-state index in [-0.39, 0.29) is 6.79 Å². The Labute approximate surface area is 114 Å². The van der Waals surface area contributed by atoms with Crippen molar-refractivity contribution in [3.63, 3.8) is 0 Å². The van der Waals surface area contributed by atoms with Crippen LogP contribution in [0.3, 0.4) is 0 Å². The maximum Gasteiger partial charge on any atom is 0.189 e. The van der Waals surface area contributed by atoms with Crippen LogP contribution >= 0.6 is 0 Å². The number of ether oxygens (including phenoxy) is 3. The Morgan fingerprint density at radius 2 is 2.11 bits per heavy atom. The number of carbonyl (C=O) groups excluding carboxylic acids is 1. The van der Waals surface area contributed by atoms with Crippen LogP contribution in [0, 0.1) is 0 Å². The van der Waals surface area contributed by atoms with Gasteiger partial charge in [-0.1, -0.05) is 25.5 Å². The molecule has 0 radical (unpaired) electrons. The molecule has 0 N–H and O–H groups in total. The Hall–Kier alpha value is -1.39. The number of benzene rings is 1. The molecule has 0 unspecified atom stereocenters. The molecule has 0 aliphatic heterocycles. The van der Waals surface area contributed by atoms with Crippen molar-refractivity contribution in [3.8, 4) is 5.75 Å². The molecule has 106 valence electrons. The highest BCUT2D eigenvalue weighted by Crippen LogP contribution is 2.24. The number of rotatable bonds is 10. The van der Waals surface area contributed by atoms with Crippen molar-refractivity contribution in [1.29, 1.82) is 0 Å². The van der Waals surface area contributed by atoms with E-state index in [2.05, 4.69) is 6.92 Å². The van der Waals surface area contributed by atoms with E-state index in [9.17, 15) is 4.79 Å². The lowest BCUT2D eigenvalue weighted by atomic mass is 10.0. The Bertz CT molecular complexity index is 376. The molecule has 19 heavy (non-hydrogen) atoms. The van der Waals surface area contributed by atoms with Crippen molar-refractivity contribution in [3.05, 3.63) is 29.3 Å². The lowest BCUT2D eigenvalue weighted by Crippen LogP contribution is -2.10. The summed E-state index contributed by atoms with van der Waals surface area (Å²) in [6, 6.07) is 5.63. The predicted molar refractivity (Wildman–Crippen MR) is 73.8 cm³/mol. The van der Waals surface area contributed by atoms with E-state index in [1.165, 1.54) is 0 Å². The molecule has 0 aliphatic rings. The topological polar surface area (TPSA) is 44.8 Å². The zero-order chi connectivity index (χ0) is 13.9. The van der Waals surface area contributed by atoms with E-state index < -0.39 is 0 Å². The fourth-order valence-corrected chi connectivity index (χ4v) is 1.74. The highest BCUT2D eigenvalue weighted by atomic mass is 16.7. The van der Waals surface area contributed by atoms with Crippen molar-refractivity contribution in [1.82, 2.24) is 0 Å². The largest absolute Gasteiger partial charge is 0.467 e. The van der Waals surface area contributed by atoms with Gasteiger partial charge in [-0.25, -0.2) is 0 Å². The molecule has 0 atom stereocenters. The zero-order valence-corrected chi connectivity index (χ0v) is 11.7. The molecule has 0 aromatic heterocycles. The number of aryl methyl sites for hydroxylation is 1. The normalized spacial score (nSPS) is 10.4. The molecule has 1 rings (SSSR count). The van der Waals surface area contributed by atoms with Crippen LogP contribution in [0.25, 0.3) is 0 Å². The summed E-state index contributed by atoms with van der Waals surface area (Å²) in [7, 11) is 1.62. The molecule has 0 heterocycles. The molecule has 1 aromatic carbocycles. The summed E-state index contributed by atoms with van der Waals surface area (Å²) >= 11 is 0. The number of unbranched alkanes of at least 4 members (excludes halogenated alkanes) is 1. The van der Waals surface area contributed by atoms with Gasteiger partial charge in [0.2, 0.25) is 0 Å². The van der Waals surface area contributed by atoms with E-state index in [1.54, 1.807) is 13.2 Å². The van der Waals surface area contributed by atoms with E-state index in [4.69, 9.17) is 14.2 Å². The Morgan fingerprint density at radius 1 is 1.26 bits per heavy atom. The standard InChI is InChI=1S/C15H22O4/c1-3-4-6-13-7-5-8-14(11-16)15(13)19-12-18-10-9-17-2/h5,7-8,11H,3-4,6,9-10,12H2,1-2H3. The third-order valence-electron chi connectivity index (χ3n) is 2.77. The molecule has 0 fully saturated rings. The maximum atomic E-state index is 11.0. The second-order valence-electron chi connectivity index (χ2n) is 4.22. The number of carbonyl (C=O) groups is 1. The highest BCUT2D eigenvalue weighted by molar-refractivity contribution is 5.80. The zero-order valence-electron chi connectivity index (χ0n) is 11.7. The SMILES string of the molecule is CCCCc1cccc(C=O)c1OCOCCOC. The Morgan fingerprint density at radius 3 is 2.79 bits per heavy atom. The minimum Gasteiger partial charge on any atom is -0.467 e. The summed E-state index contributed by atoms with van der Waals surface area (Å²) in [5.41, 5.74) is 1.63. The number of aldehydes is 1. The molecule has 0 aliphatic carbocycles. The monoisotopic (exact) mass is 266 g/mol. The fraction of sp³-hybridized carbons (Fsp3) is 0.533. The van der Waals surface area contributed by atoms with Gasteiger partial charge < -0.3 is 14.2 Å². The Balaban J connectivity index is 2.63. The molecule has 4 heteroatoms. The van der Waals surface area contributed by atoms with Crippen LogP contribution in [0.2, 0.25) is 0 Å². The van der Waals surface area contributed by atoms with Crippen LogP contribution in [0.1, 0.15) is 35.7 Å². The van der Waals surface area contributed by atoms with Crippen molar-refractivity contribution in [2.75, 3.05) is 27.1 Å². The number of hydrogen-bond donors (Lipinski definition) is 0. The third kappa shape index (κ3) is 5.41. The van der Waals surface area contributed by atoms with Gasteiger partial charge in [-0.2, -0.15) is 0 Å². The third-order valence-corrected chi connectivity index (χ3v) is 2.77. The quantitative estimate of drug-likeness (QED) is 0.371. The molecule has 0 bridgehead atoms. The van der Waals surface area contributed by atoms with Crippen LogP contribution in [0.5, 0.6) is 5.75 Å². The van der Waals surface area contributed by atoms with E-state index in [0.29, 0.717) is 24.5 Å². The van der Waals surface area contributed by atoms with E-state index in [1.807, 2.05) is 12.1 Å². The van der Waals surface area contributed by atoms with Crippen molar-refractivity contribution in [2.45, 2.75) is 26.2 Å². The first kappa shape index (κ1) is 15.7. The van der Waals surface area contributed by atoms with Gasteiger partial charge in [-0.3, -0.25) is 4.79 Å². The number of para-hydroxylation sites is 1. The lowest BCUT2D eigenvalue weighted by Gasteiger charge is -2.13. The molecule has 0 saturated carbocycles. The van der Waals surface area contributed by atoms with E-state index >= 15 is 0 Å². The minimum atomic E-state index is 0.132. The average Bonchev–Trinajstić information content (AvgIpc) is 2.45. The average molecular weight is 266 g/mol. The van der Waals surface area contributed by atoms with Crippen LogP contribution < -0.4 is 4.74 Å². The summed E-state index contributed by atoms with van der Waals surface area (Å²) < 4.78 is 15.7. The molecular formula is C15H22O4. The molecule has 0 spiro atoms. The second kappa shape index (κ2) is 9.53. The first-order valence-electron chi connectivity index (χ1n) is 6.60. The summed E-state index contributed by atoms with van der Waals surface area (Å²) in [4.78, 5) is 11.0. The molecule has 0 amide bonds. The van der Waals surface area contributed by atoms with Crippen LogP contribution in [-0.4, -0.2) is 33.4 Å². The molecule has 0 saturated heterocycles. The van der Waals surface area contributed by atoms with Crippen molar-refractivity contribution >= 4 is 6.29 Å². The summed E-state index contributed by atoms with van der Waals surface area (Å²) in [5, 5.41) is 0. The van der Waals surface area contributed by atoms with Crippen LogP contribution in [0.4, 0.5) is 0 Å². The first-order chi connectivity index (χ1) is 9.33. The summed E-state index contributed by atoms with van der Waals surface area (Å²) in [6.07, 6.45) is 3.91. The van der Waals surface area contributed by atoms with Gasteiger partial charge in [0, 0.05) is 7.11 Å². The van der Waals surface area contributed by atoms with Gasteiger partial charge in [-0.05, 0) is 24.5 Å². The highest BCUT2D eigenvalue weighted by Gasteiger charge is 2.09. The van der Waals surface area contributed by atoms with Crippen molar-refractivity contribution in [2.24, 2.45) is 0 Å². The first-order valence-corrected chi connectivity index (χ1v) is 6.60. The smallest absolute Gasteiger partial charge is 0.189 e. The fourth-order valence-electron chi connectivity index (χ4n) is 1.74. The van der Waals surface area contributed by atoms with Crippen molar-refractivity contribution < 1.29 is 19.0 Å². The summed E-state index contributed by atoms with van der Waals surface area (Å²) in [6.45, 7) is 3.27. The maximum absolute atomic E-state index is 11.0. The van der Waals surface area contributed by atoms with Gasteiger partial charge in [-0.15, -0.1) is 0 Å². The van der Waals surface area contributed by atoms with Gasteiger partial charge >= 0.3 is 0 Å². The summed E-state index contributed by atoms with van der Waals surface area (Å²) in [5.74, 6) is 0.642. The number of methoxy groups -OCH3 is 1. The lowest BCUT2D eigenvalue weighted by molar-refractivity contribution is -0.00907. The van der Waals surface area contributed by atoms with E-state index in [0.717, 1.165) is 31.1 Å². The minimum absolute atomic E-state index is 0.132. The molecule has 4 nitrogen and oxygen atoms in total. The molecule has 1 aromatic rings. The van der Waals surface area contributed by atoms with Crippen LogP contribution in [0.15, 0.2) is 18.2 Å². The second-order valence-corrected chi connectivity index (χ2v) is 4.22. The Kier molecular flexibility index (Phi) is 7.86. The van der Waals surface area contributed by atoms with Gasteiger partial charge in [0.1, 0.15) is 5.75 Å². The van der Waals surface area contributed by atoms with Gasteiger partial charge in [0.05, 0.1) is 18.8 Å². The predicted octanol–water partition coefficient (Wildman–Crippen LogP) is 2.84. The number of hydrogen-bond acceptors (Lipinski definition) is 4. The van der Waals surface area contributed by atoms with Gasteiger partial charge in [0.15, 0.2) is 13.1 Å². The van der Waals surface area contributed by atoms with Crippen LogP contribution in [-0.2, 0) is 15.9 Å². The molecular weight excluding hydrogens is 244 g/mol. The van der Waals surface area contributed by atoms with Gasteiger partial charge in [0.25, 0.3) is 0 Å².